The van der Waals surface area contributed by atoms with Crippen molar-refractivity contribution in [3.05, 3.63) is 81.0 Å². The van der Waals surface area contributed by atoms with Gasteiger partial charge in [0.1, 0.15) is 5.82 Å². The number of benzene rings is 2. The number of hydrogen-bond donors (Lipinski definition) is 1. The van der Waals surface area contributed by atoms with Crippen molar-refractivity contribution in [3.63, 3.8) is 0 Å². The van der Waals surface area contributed by atoms with E-state index in [4.69, 9.17) is 23.2 Å². The molecule has 1 amide bonds. The van der Waals surface area contributed by atoms with Crippen LogP contribution in [0.1, 0.15) is 27.0 Å². The number of nitrogens with zero attached hydrogens (tertiary/aromatic N) is 2. The number of amides is 1. The number of aromatic nitrogens is 2. The number of rotatable bonds is 4. The summed E-state index contributed by atoms with van der Waals surface area (Å²) < 4.78 is 1.69. The summed E-state index contributed by atoms with van der Waals surface area (Å²) in [7, 11) is 0. The summed E-state index contributed by atoms with van der Waals surface area (Å²) in [4.78, 5) is 12.6. The number of halogens is 2. The summed E-state index contributed by atoms with van der Waals surface area (Å²) in [5.41, 5.74) is 3.56. The minimum absolute atomic E-state index is 0.162. The first-order chi connectivity index (χ1) is 12.0. The molecule has 0 fully saturated rings. The Labute approximate surface area is 156 Å². The van der Waals surface area contributed by atoms with Crippen LogP contribution in [0.15, 0.2) is 48.7 Å². The normalized spacial score (nSPS) is 10.7. The first-order valence-electron chi connectivity index (χ1n) is 7.79. The number of nitrogens with one attached hydrogen (secondary N) is 1. The zero-order valence-electron chi connectivity index (χ0n) is 13.9. The molecule has 2 aromatic carbocycles. The maximum Gasteiger partial charge on any atom is 0.257 e. The van der Waals surface area contributed by atoms with Crippen LogP contribution in [-0.4, -0.2) is 15.7 Å². The Morgan fingerprint density at radius 1 is 1.16 bits per heavy atom. The van der Waals surface area contributed by atoms with Gasteiger partial charge >= 0.3 is 0 Å². The number of carbonyl (C=O) groups excluding carboxylic acids is 1. The van der Waals surface area contributed by atoms with E-state index in [9.17, 15) is 4.79 Å². The maximum absolute atomic E-state index is 12.6. The molecule has 0 radical (unpaired) electrons. The molecule has 0 bridgehead atoms. The average molecular weight is 374 g/mol. The molecular formula is C19H17Cl2N3O. The lowest BCUT2D eigenvalue weighted by Crippen LogP contribution is -2.17. The Kier molecular flexibility index (Phi) is 5.11. The van der Waals surface area contributed by atoms with E-state index < -0.39 is 0 Å². The molecule has 0 atom stereocenters. The van der Waals surface area contributed by atoms with Gasteiger partial charge in [-0.05, 0) is 48.7 Å². The maximum atomic E-state index is 12.6. The van der Waals surface area contributed by atoms with Crippen molar-refractivity contribution in [2.75, 3.05) is 5.32 Å². The zero-order chi connectivity index (χ0) is 18.0. The van der Waals surface area contributed by atoms with Gasteiger partial charge in [-0.25, -0.2) is 4.68 Å². The van der Waals surface area contributed by atoms with Gasteiger partial charge in [0.15, 0.2) is 0 Å². The van der Waals surface area contributed by atoms with Crippen molar-refractivity contribution in [3.8, 4) is 0 Å². The largest absolute Gasteiger partial charge is 0.307 e. The topological polar surface area (TPSA) is 46.9 Å². The number of aryl methyl sites for hydroxylation is 1. The lowest BCUT2D eigenvalue weighted by molar-refractivity contribution is 0.102. The van der Waals surface area contributed by atoms with E-state index in [0.717, 1.165) is 16.7 Å². The molecule has 4 nitrogen and oxygen atoms in total. The molecule has 0 saturated carbocycles. The highest BCUT2D eigenvalue weighted by Gasteiger charge is 2.13. The van der Waals surface area contributed by atoms with Gasteiger partial charge in [-0.2, -0.15) is 5.10 Å². The van der Waals surface area contributed by atoms with E-state index in [1.807, 2.05) is 38.1 Å². The summed E-state index contributed by atoms with van der Waals surface area (Å²) in [6.07, 6.45) is 1.64. The summed E-state index contributed by atoms with van der Waals surface area (Å²) >= 11 is 12.2. The van der Waals surface area contributed by atoms with Crippen molar-refractivity contribution >= 4 is 34.9 Å². The lowest BCUT2D eigenvalue weighted by Gasteiger charge is -2.12. The molecule has 6 heteroatoms. The van der Waals surface area contributed by atoms with Crippen LogP contribution in [0, 0.1) is 13.8 Å². The number of carbonyl (C=O) groups is 1. The van der Waals surface area contributed by atoms with Crippen molar-refractivity contribution in [2.24, 2.45) is 0 Å². The van der Waals surface area contributed by atoms with Crippen LogP contribution in [0.3, 0.4) is 0 Å². The Morgan fingerprint density at radius 2 is 1.96 bits per heavy atom. The zero-order valence-corrected chi connectivity index (χ0v) is 15.4. The Bertz CT molecular complexity index is 934. The highest BCUT2D eigenvalue weighted by molar-refractivity contribution is 6.35. The van der Waals surface area contributed by atoms with Gasteiger partial charge in [-0.3, -0.25) is 4.79 Å². The molecule has 3 rings (SSSR count). The summed E-state index contributed by atoms with van der Waals surface area (Å²) in [5.74, 6) is 0.446. The van der Waals surface area contributed by atoms with E-state index in [-0.39, 0.29) is 5.91 Å². The van der Waals surface area contributed by atoms with E-state index >= 15 is 0 Å². The summed E-state index contributed by atoms with van der Waals surface area (Å²) in [6, 6.07) is 12.8. The highest BCUT2D eigenvalue weighted by atomic mass is 35.5. The van der Waals surface area contributed by atoms with Crippen LogP contribution in [0.5, 0.6) is 0 Å². The Morgan fingerprint density at radius 3 is 2.72 bits per heavy atom. The van der Waals surface area contributed by atoms with Crippen LogP contribution < -0.4 is 5.32 Å². The van der Waals surface area contributed by atoms with Gasteiger partial charge in [0.2, 0.25) is 0 Å². The molecule has 1 N–H and O–H groups in total. The van der Waals surface area contributed by atoms with Crippen LogP contribution in [-0.2, 0) is 6.54 Å². The molecule has 0 aliphatic heterocycles. The fourth-order valence-corrected chi connectivity index (χ4v) is 3.03. The Hall–Kier alpha value is -2.30. The molecule has 0 saturated heterocycles. The molecule has 128 valence electrons. The third-order valence-electron chi connectivity index (χ3n) is 4.14. The molecule has 1 heterocycles. The van der Waals surface area contributed by atoms with Gasteiger partial charge in [0.05, 0.1) is 12.7 Å². The minimum atomic E-state index is -0.162. The molecule has 0 spiro atoms. The quantitative estimate of drug-likeness (QED) is 0.690. The van der Waals surface area contributed by atoms with E-state index in [2.05, 4.69) is 10.4 Å². The second-order valence-electron chi connectivity index (χ2n) is 5.81. The number of hydrogen-bond acceptors (Lipinski definition) is 2. The predicted octanol–water partition coefficient (Wildman–Crippen LogP) is 5.11. The van der Waals surface area contributed by atoms with Gasteiger partial charge in [-0.15, -0.1) is 0 Å². The van der Waals surface area contributed by atoms with Gasteiger partial charge in [-0.1, -0.05) is 41.4 Å². The van der Waals surface area contributed by atoms with Gasteiger partial charge < -0.3 is 5.32 Å². The van der Waals surface area contributed by atoms with Crippen molar-refractivity contribution in [1.29, 1.82) is 0 Å². The highest BCUT2D eigenvalue weighted by Crippen LogP contribution is 2.23. The van der Waals surface area contributed by atoms with Crippen LogP contribution in [0.2, 0.25) is 10.0 Å². The van der Waals surface area contributed by atoms with Crippen LogP contribution >= 0.6 is 23.2 Å². The van der Waals surface area contributed by atoms with Gasteiger partial charge in [0, 0.05) is 21.7 Å². The molecule has 0 aliphatic carbocycles. The average Bonchev–Trinajstić information content (AvgIpc) is 2.99. The first kappa shape index (κ1) is 17.5. The summed E-state index contributed by atoms with van der Waals surface area (Å²) in [6.45, 7) is 4.36. The van der Waals surface area contributed by atoms with Crippen molar-refractivity contribution < 1.29 is 4.79 Å². The third-order valence-corrected chi connectivity index (χ3v) is 4.73. The van der Waals surface area contributed by atoms with E-state index in [0.29, 0.717) is 28.0 Å². The second kappa shape index (κ2) is 7.30. The first-order valence-corrected chi connectivity index (χ1v) is 8.54. The lowest BCUT2D eigenvalue weighted by atomic mass is 10.0. The second-order valence-corrected chi connectivity index (χ2v) is 6.66. The monoisotopic (exact) mass is 373 g/mol. The standard InChI is InChI=1S/C19H17Cl2N3O/c1-12-4-3-5-16(13(12)2)19(25)23-18-8-9-22-24(18)11-14-6-7-15(20)10-17(14)21/h3-10H,11H2,1-2H3,(H,23,25). The SMILES string of the molecule is Cc1cccc(C(=O)Nc2ccnn2Cc2ccc(Cl)cc2Cl)c1C. The Balaban J connectivity index is 1.82. The van der Waals surface area contributed by atoms with Crippen molar-refractivity contribution in [1.82, 2.24) is 9.78 Å². The van der Waals surface area contributed by atoms with Crippen LogP contribution in [0.25, 0.3) is 0 Å². The molecular weight excluding hydrogens is 357 g/mol. The number of anilines is 1. The fraction of sp³-hybridized carbons (Fsp3) is 0.158. The smallest absolute Gasteiger partial charge is 0.257 e. The van der Waals surface area contributed by atoms with Crippen LogP contribution in [0.4, 0.5) is 5.82 Å². The molecule has 25 heavy (non-hydrogen) atoms. The fourth-order valence-electron chi connectivity index (χ4n) is 2.56. The molecule has 0 aliphatic rings. The van der Waals surface area contributed by atoms with E-state index in [1.54, 1.807) is 29.1 Å². The van der Waals surface area contributed by atoms with Gasteiger partial charge in [0.25, 0.3) is 5.91 Å². The molecule has 1 aromatic heterocycles. The molecule has 3 aromatic rings. The molecule has 0 unspecified atom stereocenters. The van der Waals surface area contributed by atoms with E-state index in [1.165, 1.54) is 0 Å². The predicted molar refractivity (Wildman–Crippen MR) is 102 cm³/mol. The summed E-state index contributed by atoms with van der Waals surface area (Å²) in [5, 5.41) is 8.34. The minimum Gasteiger partial charge on any atom is -0.307 e. The van der Waals surface area contributed by atoms with Crippen molar-refractivity contribution in [2.45, 2.75) is 20.4 Å². The third kappa shape index (κ3) is 3.86.